The molecule has 0 saturated carbocycles. The number of Topliss-reactive ketones (excluding diaryl/α,β-unsaturated/α-hetero) is 1. The largest absolute Gasteiger partial charge is 0.871 e. The van der Waals surface area contributed by atoms with Crippen molar-refractivity contribution in [3.63, 3.8) is 0 Å². The minimum absolute atomic E-state index is 0.00478. The molecule has 1 N–H and O–H groups in total. The molecular weight excluding hydrogens is 502 g/mol. The third kappa shape index (κ3) is 12.7. The van der Waals surface area contributed by atoms with E-state index in [9.17, 15) is 14.7 Å². The number of hydrogen-bond donors (Lipinski definition) is 1. The summed E-state index contributed by atoms with van der Waals surface area (Å²) in [6, 6.07) is 4.79. The molecule has 6 heteroatoms. The molecule has 2 rings (SSSR count). The molecule has 1 saturated heterocycles. The molecule has 228 valence electrons. The Hall–Kier alpha value is -1.92. The number of nitrogens with zero attached hydrogens (tertiary/aromatic N) is 1. The Balaban J connectivity index is 1.52. The Morgan fingerprint density at radius 3 is 2.02 bits per heavy atom. The third-order valence-electron chi connectivity index (χ3n) is 8.95. The highest BCUT2D eigenvalue weighted by molar-refractivity contribution is 6.02. The lowest BCUT2D eigenvalue weighted by molar-refractivity contribution is -0.941. The zero-order valence-electron chi connectivity index (χ0n) is 25.6. The third-order valence-corrected chi connectivity index (χ3v) is 8.95. The molecule has 1 aromatic carbocycles. The summed E-state index contributed by atoms with van der Waals surface area (Å²) in [7, 11) is 2.45. The lowest BCUT2D eigenvalue weighted by atomic mass is 9.99. The highest BCUT2D eigenvalue weighted by atomic mass is 16.5. The monoisotopic (exact) mass is 559 g/mol. The summed E-state index contributed by atoms with van der Waals surface area (Å²) in [5.41, 5.74) is -0.325. The molecule has 2 atom stereocenters. The average Bonchev–Trinajstić information content (AvgIpc) is 2.94. The fourth-order valence-corrected chi connectivity index (χ4v) is 6.11. The first-order valence-corrected chi connectivity index (χ1v) is 16.4. The van der Waals surface area contributed by atoms with Crippen molar-refractivity contribution in [3.8, 4) is 5.75 Å². The zero-order chi connectivity index (χ0) is 29.1. The molecule has 0 aromatic heterocycles. The highest BCUT2D eigenvalue weighted by Crippen LogP contribution is 2.24. The predicted octanol–water partition coefficient (Wildman–Crippen LogP) is 7.92. The van der Waals surface area contributed by atoms with Crippen LogP contribution in [0.4, 0.5) is 0 Å². The van der Waals surface area contributed by atoms with Crippen molar-refractivity contribution in [2.45, 2.75) is 135 Å². The van der Waals surface area contributed by atoms with Crippen LogP contribution in [0.25, 0.3) is 0 Å². The Morgan fingerprint density at radius 1 is 0.850 bits per heavy atom. The van der Waals surface area contributed by atoms with Gasteiger partial charge in [0.2, 0.25) is 0 Å². The summed E-state index contributed by atoms with van der Waals surface area (Å²) in [5, 5.41) is 21.2. The summed E-state index contributed by atoms with van der Waals surface area (Å²) in [4.78, 5) is 23.5. The van der Waals surface area contributed by atoms with E-state index in [0.717, 1.165) is 39.0 Å². The van der Waals surface area contributed by atoms with Crippen LogP contribution in [0, 0.1) is 0 Å². The molecule has 6 nitrogen and oxygen atoms in total. The van der Waals surface area contributed by atoms with E-state index >= 15 is 0 Å². The number of morpholine rings is 1. The zero-order valence-corrected chi connectivity index (χ0v) is 25.6. The van der Waals surface area contributed by atoms with E-state index in [1.807, 2.05) is 0 Å². The van der Waals surface area contributed by atoms with Gasteiger partial charge in [0.15, 0.2) is 5.78 Å². The Bertz CT molecular complexity index is 857. The first-order valence-electron chi connectivity index (χ1n) is 16.4. The lowest BCUT2D eigenvalue weighted by Gasteiger charge is -2.45. The minimum Gasteiger partial charge on any atom is -0.871 e. The molecule has 0 amide bonds. The van der Waals surface area contributed by atoms with Crippen molar-refractivity contribution < 1.29 is 29.0 Å². The number of carbonyl (C=O) groups is 2. The number of likely N-dealkylation sites (N-methyl/N-ethyl adjacent to an activating group) is 1. The number of rotatable bonds is 23. The van der Waals surface area contributed by atoms with Gasteiger partial charge in [0, 0.05) is 18.4 Å². The Labute approximate surface area is 244 Å². The molecule has 40 heavy (non-hydrogen) atoms. The average molecular weight is 560 g/mol. The van der Waals surface area contributed by atoms with E-state index < -0.39 is 11.7 Å². The number of unbranched alkanes of at least 4 members (excludes halogenated alkanes) is 15. The molecule has 1 aliphatic rings. The minimum atomic E-state index is -1.28. The number of carboxylic acid groups (broad SMARTS) is 1. The van der Waals surface area contributed by atoms with Crippen LogP contribution in [-0.2, 0) is 4.74 Å². The van der Waals surface area contributed by atoms with Crippen molar-refractivity contribution in [1.82, 2.24) is 0 Å². The van der Waals surface area contributed by atoms with Gasteiger partial charge in [-0.3, -0.25) is 4.79 Å². The number of quaternary nitrogens is 1. The summed E-state index contributed by atoms with van der Waals surface area (Å²) in [6.45, 7) is 6.52. The van der Waals surface area contributed by atoms with Crippen LogP contribution in [0.1, 0.15) is 150 Å². The molecule has 0 radical (unpaired) electrons. The van der Waals surface area contributed by atoms with Gasteiger partial charge in [-0.1, -0.05) is 108 Å². The first kappa shape index (κ1) is 34.3. The predicted molar refractivity (Wildman–Crippen MR) is 161 cm³/mol. The summed E-state index contributed by atoms with van der Waals surface area (Å²) in [5.74, 6) is -2.20. The van der Waals surface area contributed by atoms with Crippen molar-refractivity contribution in [1.29, 1.82) is 0 Å². The second-order valence-electron chi connectivity index (χ2n) is 12.3. The lowest BCUT2D eigenvalue weighted by Crippen LogP contribution is -2.59. The number of aromatic carboxylic acids is 1. The van der Waals surface area contributed by atoms with E-state index in [4.69, 9.17) is 9.84 Å². The SMILES string of the molecule is CCCCCCCCCCCC[N+]1(C)CCOCC1CCCCCCCCCC(=O)c1cccc(C(=O)O)c1[O-]. The maximum Gasteiger partial charge on any atom is 0.335 e. The van der Waals surface area contributed by atoms with E-state index in [1.54, 1.807) is 0 Å². The second-order valence-corrected chi connectivity index (χ2v) is 12.3. The van der Waals surface area contributed by atoms with E-state index in [2.05, 4.69) is 14.0 Å². The normalized spacial score (nSPS) is 19.1. The van der Waals surface area contributed by atoms with Crippen LogP contribution < -0.4 is 5.11 Å². The second kappa shape index (κ2) is 20.0. The molecule has 0 aliphatic carbocycles. The molecule has 1 heterocycles. The van der Waals surface area contributed by atoms with Crippen LogP contribution in [0.5, 0.6) is 5.75 Å². The maximum absolute atomic E-state index is 12.4. The molecule has 1 aliphatic heterocycles. The van der Waals surface area contributed by atoms with Gasteiger partial charge in [-0.2, -0.15) is 0 Å². The van der Waals surface area contributed by atoms with Crippen LogP contribution >= 0.6 is 0 Å². The fourth-order valence-electron chi connectivity index (χ4n) is 6.11. The van der Waals surface area contributed by atoms with E-state index in [1.165, 1.54) is 126 Å². The van der Waals surface area contributed by atoms with Crippen LogP contribution in [0.15, 0.2) is 18.2 Å². The smallest absolute Gasteiger partial charge is 0.335 e. The number of carbonyl (C=O) groups excluding carboxylic acids is 1. The Morgan fingerprint density at radius 2 is 1.40 bits per heavy atom. The topological polar surface area (TPSA) is 86.7 Å². The highest BCUT2D eigenvalue weighted by Gasteiger charge is 2.35. The molecule has 1 aromatic rings. The number of hydrogen-bond acceptors (Lipinski definition) is 4. The van der Waals surface area contributed by atoms with Crippen molar-refractivity contribution in [2.24, 2.45) is 0 Å². The Kier molecular flexibility index (Phi) is 17.2. The van der Waals surface area contributed by atoms with Crippen LogP contribution in [-0.4, -0.2) is 60.7 Å². The van der Waals surface area contributed by atoms with Gasteiger partial charge in [-0.15, -0.1) is 0 Å². The van der Waals surface area contributed by atoms with Crippen LogP contribution in [0.3, 0.4) is 0 Å². The number of para-hydroxylation sites is 1. The number of carboxylic acids is 1. The van der Waals surface area contributed by atoms with Gasteiger partial charge < -0.3 is 19.4 Å². The quantitative estimate of drug-likeness (QED) is 0.0836. The van der Waals surface area contributed by atoms with Gasteiger partial charge in [0.1, 0.15) is 12.6 Å². The van der Waals surface area contributed by atoms with Gasteiger partial charge >= 0.3 is 5.97 Å². The number of ketones is 1. The first-order chi connectivity index (χ1) is 19.4. The summed E-state index contributed by atoms with van der Waals surface area (Å²) < 4.78 is 7.07. The molecule has 1 fully saturated rings. The fraction of sp³-hybridized carbons (Fsp3) is 0.765. The van der Waals surface area contributed by atoms with Crippen molar-refractivity contribution in [3.05, 3.63) is 29.3 Å². The number of benzene rings is 1. The van der Waals surface area contributed by atoms with E-state index in [-0.39, 0.29) is 16.9 Å². The number of ether oxygens (including phenoxy) is 1. The summed E-state index contributed by atoms with van der Waals surface area (Å²) >= 11 is 0. The molecule has 0 bridgehead atoms. The van der Waals surface area contributed by atoms with E-state index in [0.29, 0.717) is 12.5 Å². The van der Waals surface area contributed by atoms with Crippen molar-refractivity contribution >= 4 is 11.8 Å². The van der Waals surface area contributed by atoms with Crippen LogP contribution in [0.2, 0.25) is 0 Å². The molecule has 2 unspecified atom stereocenters. The standard InChI is InChI=1S/C34H57NO5/c1-3-4-5-6-7-8-9-13-16-19-25-35(2)26-27-40-28-29(35)21-17-14-11-10-12-15-18-24-32(36)30-22-20-23-31(33(30)37)34(38)39/h20,22-23,29H,3-19,21,24-28H2,1-2H3,(H-,36,37,38,39). The van der Waals surface area contributed by atoms with Gasteiger partial charge in [-0.25, -0.2) is 4.79 Å². The van der Waals surface area contributed by atoms with Crippen molar-refractivity contribution in [2.75, 3.05) is 33.4 Å². The van der Waals surface area contributed by atoms with Gasteiger partial charge in [-0.05, 0) is 31.7 Å². The maximum atomic E-state index is 12.4. The molecule has 0 spiro atoms. The molecular formula is C34H57NO5. The summed E-state index contributed by atoms with van der Waals surface area (Å²) in [6.07, 6.45) is 23.1. The van der Waals surface area contributed by atoms with Gasteiger partial charge in [0.25, 0.3) is 0 Å². The van der Waals surface area contributed by atoms with Gasteiger partial charge in [0.05, 0.1) is 32.4 Å².